The van der Waals surface area contributed by atoms with Gasteiger partial charge in [0, 0.05) is 10.8 Å². The number of amides is 1. The third-order valence-electron chi connectivity index (χ3n) is 2.71. The van der Waals surface area contributed by atoms with Crippen LogP contribution >= 0.6 is 11.3 Å². The maximum Gasteiger partial charge on any atom is 0.247 e. The molecule has 7 heteroatoms. The van der Waals surface area contributed by atoms with Crippen molar-refractivity contribution in [3.63, 3.8) is 0 Å². The predicted octanol–water partition coefficient (Wildman–Crippen LogP) is 1.45. The molecule has 1 heterocycles. The van der Waals surface area contributed by atoms with Crippen molar-refractivity contribution in [2.24, 2.45) is 11.1 Å². The van der Waals surface area contributed by atoms with Gasteiger partial charge in [-0.1, -0.05) is 13.8 Å². The number of sulfonamides is 1. The smallest absolute Gasteiger partial charge is 0.247 e. The zero-order chi connectivity index (χ0) is 13.8. The number of carbonyl (C=O) groups excluding carboxylic acids is 1. The van der Waals surface area contributed by atoms with Crippen LogP contribution in [0.2, 0.25) is 0 Å². The van der Waals surface area contributed by atoms with Gasteiger partial charge in [-0.2, -0.15) is 0 Å². The molecule has 102 valence electrons. The first kappa shape index (κ1) is 15.1. The van der Waals surface area contributed by atoms with Crippen LogP contribution in [0, 0.1) is 5.92 Å². The fourth-order valence-corrected chi connectivity index (χ4v) is 3.30. The summed E-state index contributed by atoms with van der Waals surface area (Å²) in [7, 11) is -3.64. The van der Waals surface area contributed by atoms with Gasteiger partial charge in [0.15, 0.2) is 0 Å². The van der Waals surface area contributed by atoms with Crippen LogP contribution in [0.25, 0.3) is 0 Å². The fourth-order valence-electron chi connectivity index (χ4n) is 1.58. The van der Waals surface area contributed by atoms with E-state index in [-0.39, 0.29) is 16.0 Å². The highest BCUT2D eigenvalue weighted by Crippen LogP contribution is 2.20. The van der Waals surface area contributed by atoms with Crippen molar-refractivity contribution in [1.29, 1.82) is 0 Å². The number of nitrogens with one attached hydrogen (secondary N) is 1. The van der Waals surface area contributed by atoms with Gasteiger partial charge < -0.3 is 5.32 Å². The first-order valence-corrected chi connectivity index (χ1v) is 8.14. The van der Waals surface area contributed by atoms with Crippen LogP contribution < -0.4 is 10.5 Å². The Morgan fingerprint density at radius 1 is 1.39 bits per heavy atom. The number of rotatable bonds is 6. The van der Waals surface area contributed by atoms with Gasteiger partial charge in [-0.25, -0.2) is 13.6 Å². The van der Waals surface area contributed by atoms with Gasteiger partial charge in [-0.05, 0) is 25.0 Å². The second-order valence-corrected chi connectivity index (χ2v) is 6.95. The molecule has 0 atom stereocenters. The summed E-state index contributed by atoms with van der Waals surface area (Å²) in [5.41, 5.74) is 0. The molecule has 0 fully saturated rings. The van der Waals surface area contributed by atoms with E-state index < -0.39 is 10.0 Å². The van der Waals surface area contributed by atoms with E-state index in [1.807, 2.05) is 13.8 Å². The minimum atomic E-state index is -3.64. The number of nitrogens with two attached hydrogens (primary N) is 1. The second kappa shape index (κ2) is 6.31. The van der Waals surface area contributed by atoms with Crippen molar-refractivity contribution >= 4 is 27.3 Å². The van der Waals surface area contributed by atoms with E-state index in [0.717, 1.165) is 29.1 Å². The lowest BCUT2D eigenvalue weighted by molar-refractivity contribution is -0.125. The van der Waals surface area contributed by atoms with Gasteiger partial charge >= 0.3 is 0 Å². The SMILES string of the molecule is CCC(CC)C(=O)NCc1ccc(S(N)(=O)=O)s1. The molecule has 1 amide bonds. The van der Waals surface area contributed by atoms with Crippen molar-refractivity contribution in [2.45, 2.75) is 37.4 Å². The Labute approximate surface area is 111 Å². The van der Waals surface area contributed by atoms with Crippen LogP contribution in [0.3, 0.4) is 0 Å². The van der Waals surface area contributed by atoms with E-state index in [1.54, 1.807) is 6.07 Å². The van der Waals surface area contributed by atoms with Gasteiger partial charge in [-0.3, -0.25) is 4.79 Å². The lowest BCUT2D eigenvalue weighted by Gasteiger charge is -2.11. The summed E-state index contributed by atoms with van der Waals surface area (Å²) in [6.45, 7) is 4.28. The normalized spacial score (nSPS) is 11.8. The number of thiophene rings is 1. The van der Waals surface area contributed by atoms with E-state index in [2.05, 4.69) is 5.32 Å². The summed E-state index contributed by atoms with van der Waals surface area (Å²) in [6, 6.07) is 3.12. The van der Waals surface area contributed by atoms with Crippen molar-refractivity contribution in [3.8, 4) is 0 Å². The van der Waals surface area contributed by atoms with Gasteiger partial charge in [0.2, 0.25) is 15.9 Å². The number of hydrogen-bond donors (Lipinski definition) is 2. The summed E-state index contributed by atoms with van der Waals surface area (Å²) in [5, 5.41) is 7.81. The highest BCUT2D eigenvalue weighted by Gasteiger charge is 2.15. The monoisotopic (exact) mass is 290 g/mol. The summed E-state index contributed by atoms with van der Waals surface area (Å²) in [5.74, 6) is 0.0215. The maximum atomic E-state index is 11.7. The zero-order valence-corrected chi connectivity index (χ0v) is 12.1. The van der Waals surface area contributed by atoms with Crippen LogP contribution in [0.1, 0.15) is 31.6 Å². The minimum absolute atomic E-state index is 0.00514. The molecular formula is C11H18N2O3S2. The standard InChI is InChI=1S/C11H18N2O3S2/c1-3-8(4-2)11(14)13-7-9-5-6-10(17-9)18(12,15)16/h5-6,8H,3-4,7H2,1-2H3,(H,13,14)(H2,12,15,16). The van der Waals surface area contributed by atoms with Crippen molar-refractivity contribution in [1.82, 2.24) is 5.32 Å². The molecule has 0 radical (unpaired) electrons. The molecular weight excluding hydrogens is 272 g/mol. The molecule has 1 aromatic rings. The molecule has 0 unspecified atom stereocenters. The molecule has 1 rings (SSSR count). The van der Waals surface area contributed by atoms with Crippen molar-refractivity contribution < 1.29 is 13.2 Å². The quantitative estimate of drug-likeness (QED) is 0.831. The average Bonchev–Trinajstić information content (AvgIpc) is 2.76. The molecule has 0 bridgehead atoms. The van der Waals surface area contributed by atoms with Crippen molar-refractivity contribution in [2.75, 3.05) is 0 Å². The molecule has 0 spiro atoms. The van der Waals surface area contributed by atoms with Gasteiger partial charge in [-0.15, -0.1) is 11.3 Å². The lowest BCUT2D eigenvalue weighted by atomic mass is 10.0. The Balaban J connectivity index is 2.60. The summed E-state index contributed by atoms with van der Waals surface area (Å²) in [6.07, 6.45) is 1.60. The van der Waals surface area contributed by atoms with E-state index in [0.29, 0.717) is 6.54 Å². The van der Waals surface area contributed by atoms with Crippen LogP contribution in [-0.2, 0) is 21.4 Å². The molecule has 3 N–H and O–H groups in total. The van der Waals surface area contributed by atoms with Crippen LogP contribution in [0.4, 0.5) is 0 Å². The third-order valence-corrected chi connectivity index (χ3v) is 5.23. The topological polar surface area (TPSA) is 89.3 Å². The largest absolute Gasteiger partial charge is 0.351 e. The zero-order valence-electron chi connectivity index (χ0n) is 10.5. The molecule has 18 heavy (non-hydrogen) atoms. The minimum Gasteiger partial charge on any atom is -0.351 e. The Kier molecular flexibility index (Phi) is 5.30. The maximum absolute atomic E-state index is 11.7. The molecule has 0 aliphatic carbocycles. The summed E-state index contributed by atoms with van der Waals surface area (Å²) < 4.78 is 22.3. The van der Waals surface area contributed by atoms with E-state index in [9.17, 15) is 13.2 Å². The fraction of sp³-hybridized carbons (Fsp3) is 0.545. The number of hydrogen-bond acceptors (Lipinski definition) is 4. The average molecular weight is 290 g/mol. The number of primary sulfonamides is 1. The molecule has 5 nitrogen and oxygen atoms in total. The molecule has 0 aliphatic rings. The Bertz CT molecular complexity index is 504. The summed E-state index contributed by atoms with van der Waals surface area (Å²) in [4.78, 5) is 12.5. The van der Waals surface area contributed by atoms with Gasteiger partial charge in [0.25, 0.3) is 0 Å². The predicted molar refractivity (Wildman–Crippen MR) is 71.6 cm³/mol. The highest BCUT2D eigenvalue weighted by molar-refractivity contribution is 7.91. The Morgan fingerprint density at radius 2 is 2.00 bits per heavy atom. The van der Waals surface area contributed by atoms with E-state index in [4.69, 9.17) is 5.14 Å². The number of carbonyl (C=O) groups is 1. The second-order valence-electron chi connectivity index (χ2n) is 4.00. The highest BCUT2D eigenvalue weighted by atomic mass is 32.2. The molecule has 0 aliphatic heterocycles. The Hall–Kier alpha value is -0.920. The van der Waals surface area contributed by atoms with Gasteiger partial charge in [0.05, 0.1) is 6.54 Å². The van der Waals surface area contributed by atoms with E-state index >= 15 is 0 Å². The van der Waals surface area contributed by atoms with Crippen LogP contribution in [-0.4, -0.2) is 14.3 Å². The molecule has 0 aromatic carbocycles. The lowest BCUT2D eigenvalue weighted by Crippen LogP contribution is -2.29. The van der Waals surface area contributed by atoms with Crippen molar-refractivity contribution in [3.05, 3.63) is 17.0 Å². The molecule has 1 aromatic heterocycles. The summed E-state index contributed by atoms with van der Waals surface area (Å²) >= 11 is 1.08. The Morgan fingerprint density at radius 3 is 2.44 bits per heavy atom. The van der Waals surface area contributed by atoms with Crippen LogP contribution in [0.5, 0.6) is 0 Å². The first-order chi connectivity index (χ1) is 8.38. The van der Waals surface area contributed by atoms with Gasteiger partial charge in [0.1, 0.15) is 4.21 Å². The molecule has 0 saturated carbocycles. The third kappa shape index (κ3) is 4.08. The van der Waals surface area contributed by atoms with Crippen LogP contribution in [0.15, 0.2) is 16.3 Å². The van der Waals surface area contributed by atoms with E-state index in [1.165, 1.54) is 6.07 Å². The molecule has 0 saturated heterocycles. The first-order valence-electron chi connectivity index (χ1n) is 5.77.